The molecule has 41 heavy (non-hydrogen) atoms. The molecular formula is C30H36BrN3O7. The number of β-amino-alcohol motifs (C(OH)–C–C–N with tert-alkyl or cyclic N) is 1. The number of hydrogen-bond acceptors (Lipinski definition) is 7. The van der Waals surface area contributed by atoms with Crippen molar-refractivity contribution in [2.75, 3.05) is 19.7 Å². The highest BCUT2D eigenvalue weighted by molar-refractivity contribution is 9.11. The first-order valence-corrected chi connectivity index (χ1v) is 14.9. The standard InChI is InChI=1S/C30H36BrN3O7/c1-17(2)33-13-9-5-8-12-21(36)32-18(3)24(19-10-6-4-7-11-19)40-29(39)22-23-27(37)34(14-15-35)26(28(33)38)30(23)16-20(31)25(22)41-30/h4-7,9-11,16-18,22-26,35H,8,12-15H2,1-3H3,(H,32,36)/b9-5-/t18-,22+,23-,24+,25+,26+,30-/m0/s1. The van der Waals surface area contributed by atoms with Crippen molar-refractivity contribution in [2.45, 2.75) is 69.5 Å². The number of ether oxygens (including phenoxy) is 2. The summed E-state index contributed by atoms with van der Waals surface area (Å²) in [5, 5.41) is 12.8. The van der Waals surface area contributed by atoms with Gasteiger partial charge >= 0.3 is 5.97 Å². The molecule has 10 nitrogen and oxygen atoms in total. The molecule has 4 aliphatic heterocycles. The van der Waals surface area contributed by atoms with Crippen molar-refractivity contribution < 1.29 is 33.8 Å². The van der Waals surface area contributed by atoms with E-state index in [1.165, 1.54) is 4.90 Å². The van der Waals surface area contributed by atoms with Crippen LogP contribution in [0.1, 0.15) is 45.3 Å². The Hall–Kier alpha value is -3.02. The lowest BCUT2D eigenvalue weighted by Crippen LogP contribution is -2.57. The van der Waals surface area contributed by atoms with Gasteiger partial charge in [0.05, 0.1) is 18.6 Å². The van der Waals surface area contributed by atoms with Gasteiger partial charge in [0.25, 0.3) is 0 Å². The highest BCUT2D eigenvalue weighted by Gasteiger charge is 2.75. The zero-order chi connectivity index (χ0) is 29.5. The molecule has 2 saturated heterocycles. The number of aliphatic hydroxyl groups is 1. The molecule has 4 heterocycles. The van der Waals surface area contributed by atoms with Crippen molar-refractivity contribution in [3.8, 4) is 0 Å². The van der Waals surface area contributed by atoms with Crippen LogP contribution in [0.25, 0.3) is 0 Å². The Morgan fingerprint density at radius 1 is 1.10 bits per heavy atom. The molecule has 0 saturated carbocycles. The Morgan fingerprint density at radius 2 is 1.83 bits per heavy atom. The molecule has 0 aromatic heterocycles. The first-order chi connectivity index (χ1) is 19.6. The van der Waals surface area contributed by atoms with Gasteiger partial charge in [-0.15, -0.1) is 0 Å². The molecule has 2 N–H and O–H groups in total. The Kier molecular flexibility index (Phi) is 8.41. The van der Waals surface area contributed by atoms with E-state index in [9.17, 15) is 24.3 Å². The SMILES string of the molecule is CC(C)N1C/C=C\CCC(=O)N[C@@H](C)[C@H](c2ccccc2)OC(=O)[C@H]2[C@@H]3O[C@@]4(C=C3Br)[C@@H]2C(=O)N(CCO)[C@@H]4C1=O. The summed E-state index contributed by atoms with van der Waals surface area (Å²) in [6.07, 6.45) is 4.50. The Balaban J connectivity index is 1.60. The number of fused-ring (bicyclic) bond motifs is 2. The van der Waals surface area contributed by atoms with Gasteiger partial charge in [0.2, 0.25) is 17.7 Å². The van der Waals surface area contributed by atoms with Crippen molar-refractivity contribution in [1.82, 2.24) is 15.1 Å². The van der Waals surface area contributed by atoms with Crippen molar-refractivity contribution in [3.63, 3.8) is 0 Å². The van der Waals surface area contributed by atoms with E-state index in [4.69, 9.17) is 9.47 Å². The number of aliphatic hydroxyl groups excluding tert-OH is 1. The first kappa shape index (κ1) is 29.5. The minimum absolute atomic E-state index is 0.0772. The highest BCUT2D eigenvalue weighted by Crippen LogP contribution is 2.59. The lowest BCUT2D eigenvalue weighted by atomic mass is 9.74. The van der Waals surface area contributed by atoms with E-state index in [0.717, 1.165) is 0 Å². The first-order valence-electron chi connectivity index (χ1n) is 14.1. The van der Waals surface area contributed by atoms with E-state index in [-0.39, 0.29) is 44.0 Å². The molecule has 5 rings (SSSR count). The fourth-order valence-corrected chi connectivity index (χ4v) is 7.29. The van der Waals surface area contributed by atoms with Crippen LogP contribution in [-0.2, 0) is 28.7 Å². The summed E-state index contributed by atoms with van der Waals surface area (Å²) in [6, 6.07) is 7.29. The predicted molar refractivity (Wildman–Crippen MR) is 152 cm³/mol. The quantitative estimate of drug-likeness (QED) is 0.386. The van der Waals surface area contributed by atoms with E-state index < -0.39 is 53.6 Å². The van der Waals surface area contributed by atoms with Gasteiger partial charge in [-0.1, -0.05) is 58.4 Å². The summed E-state index contributed by atoms with van der Waals surface area (Å²) in [5.41, 5.74) is -0.705. The number of carbonyl (C=O) groups excluding carboxylic acids is 4. The number of hydrogen-bond donors (Lipinski definition) is 2. The predicted octanol–water partition coefficient (Wildman–Crippen LogP) is 2.23. The molecule has 4 aliphatic rings. The molecule has 11 heteroatoms. The van der Waals surface area contributed by atoms with Crippen LogP contribution < -0.4 is 5.32 Å². The third-order valence-corrected chi connectivity index (χ3v) is 9.08. The van der Waals surface area contributed by atoms with Crippen LogP contribution in [-0.4, -0.2) is 88.1 Å². The average molecular weight is 631 g/mol. The van der Waals surface area contributed by atoms with Gasteiger partial charge in [-0.25, -0.2) is 0 Å². The smallest absolute Gasteiger partial charge is 0.313 e. The summed E-state index contributed by atoms with van der Waals surface area (Å²) < 4.78 is 13.1. The number of cyclic esters (lactones) is 1. The van der Waals surface area contributed by atoms with Gasteiger partial charge in [0, 0.05) is 30.0 Å². The highest BCUT2D eigenvalue weighted by atomic mass is 79.9. The second kappa shape index (κ2) is 11.7. The number of rotatable bonds is 4. The summed E-state index contributed by atoms with van der Waals surface area (Å²) in [6.45, 7) is 5.38. The van der Waals surface area contributed by atoms with Gasteiger partial charge < -0.3 is 29.7 Å². The van der Waals surface area contributed by atoms with Gasteiger partial charge in [-0.3, -0.25) is 19.2 Å². The van der Waals surface area contributed by atoms with Crippen LogP contribution in [0.2, 0.25) is 0 Å². The second-order valence-electron chi connectivity index (χ2n) is 11.3. The lowest BCUT2D eigenvalue weighted by Gasteiger charge is -2.37. The third kappa shape index (κ3) is 5.12. The molecule has 0 aliphatic carbocycles. The van der Waals surface area contributed by atoms with Crippen LogP contribution >= 0.6 is 15.9 Å². The number of carbonyl (C=O) groups is 4. The largest absolute Gasteiger partial charge is 0.455 e. The maximum absolute atomic E-state index is 14.2. The Labute approximate surface area is 247 Å². The second-order valence-corrected chi connectivity index (χ2v) is 12.2. The molecule has 0 unspecified atom stereocenters. The molecule has 1 spiro atoms. The topological polar surface area (TPSA) is 125 Å². The lowest BCUT2D eigenvalue weighted by molar-refractivity contribution is -0.161. The summed E-state index contributed by atoms with van der Waals surface area (Å²) >= 11 is 3.54. The monoisotopic (exact) mass is 629 g/mol. The van der Waals surface area contributed by atoms with Gasteiger partial charge in [0.1, 0.15) is 29.8 Å². The van der Waals surface area contributed by atoms with E-state index >= 15 is 0 Å². The van der Waals surface area contributed by atoms with E-state index in [0.29, 0.717) is 16.5 Å². The number of amides is 3. The fourth-order valence-electron chi connectivity index (χ4n) is 6.55. The number of esters is 1. The molecule has 0 radical (unpaired) electrons. The Morgan fingerprint density at radius 3 is 2.51 bits per heavy atom. The normalized spacial score (nSPS) is 34.9. The zero-order valence-corrected chi connectivity index (χ0v) is 25.0. The van der Waals surface area contributed by atoms with Crippen LogP contribution in [0, 0.1) is 11.8 Å². The van der Waals surface area contributed by atoms with Crippen molar-refractivity contribution in [2.24, 2.45) is 11.8 Å². The zero-order valence-electron chi connectivity index (χ0n) is 23.4. The Bertz CT molecular complexity index is 1270. The van der Waals surface area contributed by atoms with Crippen LogP contribution in [0.5, 0.6) is 0 Å². The average Bonchev–Trinajstić information content (AvgIpc) is 3.52. The maximum atomic E-state index is 14.2. The van der Waals surface area contributed by atoms with Crippen molar-refractivity contribution in [1.29, 1.82) is 0 Å². The summed E-state index contributed by atoms with van der Waals surface area (Å²) in [4.78, 5) is 58.0. The molecule has 7 atom stereocenters. The number of halogens is 1. The number of benzene rings is 1. The van der Waals surface area contributed by atoms with Crippen LogP contribution in [0.3, 0.4) is 0 Å². The third-order valence-electron chi connectivity index (χ3n) is 8.40. The van der Waals surface area contributed by atoms with Crippen molar-refractivity contribution >= 4 is 39.6 Å². The van der Waals surface area contributed by atoms with E-state index in [2.05, 4.69) is 21.2 Å². The molecule has 2 fully saturated rings. The van der Waals surface area contributed by atoms with Gasteiger partial charge in [-0.05, 0) is 38.8 Å². The number of likely N-dealkylation sites (tertiary alicyclic amines) is 1. The van der Waals surface area contributed by atoms with Crippen LogP contribution in [0.4, 0.5) is 0 Å². The number of nitrogens with zero attached hydrogens (tertiary/aromatic N) is 2. The molecule has 5 bridgehead atoms. The van der Waals surface area contributed by atoms with Crippen LogP contribution in [0.15, 0.2) is 53.0 Å². The van der Waals surface area contributed by atoms with Gasteiger partial charge in [0.15, 0.2) is 0 Å². The van der Waals surface area contributed by atoms with Gasteiger partial charge in [-0.2, -0.15) is 0 Å². The molecule has 220 valence electrons. The minimum Gasteiger partial charge on any atom is -0.455 e. The molecule has 1 aromatic rings. The maximum Gasteiger partial charge on any atom is 0.313 e. The summed E-state index contributed by atoms with van der Waals surface area (Å²) in [5.74, 6) is -3.66. The molecule has 3 amide bonds. The number of nitrogens with one attached hydrogen (secondary N) is 1. The summed E-state index contributed by atoms with van der Waals surface area (Å²) in [7, 11) is 0. The minimum atomic E-state index is -1.40. The van der Waals surface area contributed by atoms with E-state index in [1.807, 2.05) is 56.3 Å². The number of allylic oxidation sites excluding steroid dienone is 1. The molecule has 1 aromatic carbocycles. The fraction of sp³-hybridized carbons (Fsp3) is 0.533. The molecular weight excluding hydrogens is 594 g/mol. The van der Waals surface area contributed by atoms with Crippen molar-refractivity contribution in [3.05, 3.63) is 58.6 Å². The van der Waals surface area contributed by atoms with E-state index in [1.54, 1.807) is 17.9 Å².